The number of nitrogen functional groups attached to an aromatic ring is 1. The quantitative estimate of drug-likeness (QED) is 0.636. The summed E-state index contributed by atoms with van der Waals surface area (Å²) in [7, 11) is 0. The van der Waals surface area contributed by atoms with Crippen LogP contribution in [0.15, 0.2) is 16.8 Å². The Morgan fingerprint density at radius 1 is 1.34 bits per heavy atom. The van der Waals surface area contributed by atoms with Gasteiger partial charge in [0.05, 0.1) is 5.69 Å². The molecular formula is C21H26N5O2S+. The minimum Gasteiger partial charge on any atom is -0.397 e. The van der Waals surface area contributed by atoms with Crippen LogP contribution in [0.1, 0.15) is 67.0 Å². The average Bonchev–Trinajstić information content (AvgIpc) is 3.34. The Hall–Kier alpha value is -2.48. The molecule has 8 heteroatoms. The molecule has 1 unspecified atom stereocenters. The lowest BCUT2D eigenvalue weighted by Crippen LogP contribution is -2.32. The molecule has 5 rings (SSSR count). The number of carbonyl (C=O) groups excluding carboxylic acids is 1. The van der Waals surface area contributed by atoms with Crippen molar-refractivity contribution < 1.29 is 14.0 Å². The number of anilines is 2. The number of thiophene rings is 1. The molecule has 0 saturated heterocycles. The number of nitrogens with one attached hydrogen (secondary N) is 1. The van der Waals surface area contributed by atoms with E-state index < -0.39 is 0 Å². The van der Waals surface area contributed by atoms with E-state index in [4.69, 9.17) is 15.2 Å². The number of carbonyl (C=O) groups is 1. The fourth-order valence-electron chi connectivity index (χ4n) is 4.09. The maximum Gasteiger partial charge on any atom is 0.302 e. The molecule has 1 fully saturated rings. The van der Waals surface area contributed by atoms with E-state index in [1.54, 1.807) is 10.9 Å². The van der Waals surface area contributed by atoms with E-state index in [-0.39, 0.29) is 11.3 Å². The number of nitrogens with two attached hydrogens (primary N) is 1. The third-order valence-corrected chi connectivity index (χ3v) is 7.27. The summed E-state index contributed by atoms with van der Waals surface area (Å²) in [6.45, 7) is 6.89. The van der Waals surface area contributed by atoms with Crippen molar-refractivity contribution in [3.63, 3.8) is 0 Å². The molecule has 0 aliphatic heterocycles. The number of aromatic nitrogens is 3. The van der Waals surface area contributed by atoms with E-state index in [9.17, 15) is 4.79 Å². The first kappa shape index (κ1) is 18.5. The monoisotopic (exact) mass is 412 g/mol. The van der Waals surface area contributed by atoms with Gasteiger partial charge in [-0.1, -0.05) is 20.8 Å². The molecule has 7 nitrogen and oxygen atoms in total. The largest absolute Gasteiger partial charge is 0.397 e. The molecule has 1 amide bonds. The average molecular weight is 413 g/mol. The highest BCUT2D eigenvalue weighted by Crippen LogP contribution is 2.40. The van der Waals surface area contributed by atoms with Crippen molar-refractivity contribution in [1.82, 2.24) is 10.3 Å². The molecule has 0 spiro atoms. The lowest BCUT2D eigenvalue weighted by Gasteiger charge is -2.34. The Kier molecular flexibility index (Phi) is 4.17. The van der Waals surface area contributed by atoms with Crippen LogP contribution in [-0.2, 0) is 12.8 Å². The van der Waals surface area contributed by atoms with Crippen molar-refractivity contribution in [3.05, 3.63) is 28.4 Å². The van der Waals surface area contributed by atoms with Gasteiger partial charge in [0.25, 0.3) is 12.1 Å². The molecule has 2 aliphatic rings. The third kappa shape index (κ3) is 3.39. The Balaban J connectivity index is 1.43. The van der Waals surface area contributed by atoms with E-state index in [1.165, 1.54) is 16.9 Å². The van der Waals surface area contributed by atoms with Crippen molar-refractivity contribution in [2.75, 3.05) is 11.1 Å². The summed E-state index contributed by atoms with van der Waals surface area (Å²) >= 11 is 1.34. The van der Waals surface area contributed by atoms with Crippen LogP contribution in [0.2, 0.25) is 0 Å². The van der Waals surface area contributed by atoms with Gasteiger partial charge in [-0.15, -0.1) is 11.3 Å². The summed E-state index contributed by atoms with van der Waals surface area (Å²) in [5, 5.41) is 7.60. The van der Waals surface area contributed by atoms with Crippen molar-refractivity contribution >= 4 is 39.0 Å². The summed E-state index contributed by atoms with van der Waals surface area (Å²) in [5.41, 5.74) is 9.54. The number of pyridine rings is 1. The summed E-state index contributed by atoms with van der Waals surface area (Å²) in [6, 6.07) is 2.54. The fourth-order valence-corrected chi connectivity index (χ4v) is 5.08. The van der Waals surface area contributed by atoms with E-state index in [1.807, 2.05) is 0 Å². The van der Waals surface area contributed by atoms with Gasteiger partial charge in [0, 0.05) is 23.9 Å². The van der Waals surface area contributed by atoms with E-state index >= 15 is 0 Å². The summed E-state index contributed by atoms with van der Waals surface area (Å²) in [5.74, 6) is 0.677. The molecule has 2 aliphatic carbocycles. The fraction of sp³-hybridized carbons (Fsp3) is 0.524. The topological polar surface area (TPSA) is 97.9 Å². The SMILES string of the molecule is CC(C)(C)C1CCc2nc3sc(C(=O)Nc4c[n+](C5CC5)no4)c(N)c3cc2C1. The lowest BCUT2D eigenvalue weighted by molar-refractivity contribution is -0.765. The highest BCUT2D eigenvalue weighted by molar-refractivity contribution is 7.21. The maximum atomic E-state index is 12.8. The lowest BCUT2D eigenvalue weighted by atomic mass is 9.71. The number of fused-ring (bicyclic) bond motifs is 2. The van der Waals surface area contributed by atoms with Crippen molar-refractivity contribution in [2.24, 2.45) is 11.3 Å². The first-order valence-electron chi connectivity index (χ1n) is 10.2. The van der Waals surface area contributed by atoms with Gasteiger partial charge in [0.2, 0.25) is 5.27 Å². The molecule has 3 N–H and O–H groups in total. The minimum absolute atomic E-state index is 0.270. The summed E-state index contributed by atoms with van der Waals surface area (Å²) < 4.78 is 6.98. The van der Waals surface area contributed by atoms with Gasteiger partial charge in [-0.3, -0.25) is 14.6 Å². The standard InChI is InChI=1S/C21H25N5O2S/c1-21(2,3)12-4-7-15-11(8-12)9-14-17(22)18(29-20(14)23-15)19(27)24-16-10-26(25-28-16)13-5-6-13/h9-10,12-13H,4-8H2,1-3H3,(H2-,22,24,25,27)/p+1. The first-order chi connectivity index (χ1) is 13.8. The van der Waals surface area contributed by atoms with Crippen LogP contribution in [0.4, 0.5) is 11.6 Å². The molecule has 0 bridgehead atoms. The van der Waals surface area contributed by atoms with Gasteiger partial charge in [0.15, 0.2) is 6.04 Å². The van der Waals surface area contributed by atoms with Crippen LogP contribution in [0.5, 0.6) is 0 Å². The third-order valence-electron chi connectivity index (χ3n) is 6.16. The van der Waals surface area contributed by atoms with Gasteiger partial charge >= 0.3 is 5.88 Å². The Morgan fingerprint density at radius 2 is 2.14 bits per heavy atom. The van der Waals surface area contributed by atoms with Crippen LogP contribution < -0.4 is 15.7 Å². The van der Waals surface area contributed by atoms with E-state index in [0.29, 0.717) is 28.4 Å². The minimum atomic E-state index is -0.282. The zero-order valence-electron chi connectivity index (χ0n) is 17.0. The number of amides is 1. The second-order valence-corrected chi connectivity index (χ2v) is 10.3. The number of aryl methyl sites for hydroxylation is 1. The van der Waals surface area contributed by atoms with Gasteiger partial charge in [0.1, 0.15) is 9.71 Å². The first-order valence-corrected chi connectivity index (χ1v) is 11.0. The van der Waals surface area contributed by atoms with Crippen LogP contribution >= 0.6 is 11.3 Å². The second-order valence-electron chi connectivity index (χ2n) is 9.33. The van der Waals surface area contributed by atoms with Crippen LogP contribution in [0.25, 0.3) is 10.2 Å². The van der Waals surface area contributed by atoms with Crippen LogP contribution in [0.3, 0.4) is 0 Å². The second kappa shape index (κ2) is 6.52. The zero-order chi connectivity index (χ0) is 20.3. The number of hydrogen-bond acceptors (Lipinski definition) is 6. The van der Waals surface area contributed by atoms with Gasteiger partial charge in [-0.05, 0) is 46.9 Å². The van der Waals surface area contributed by atoms with E-state index in [2.05, 4.69) is 37.4 Å². The van der Waals surface area contributed by atoms with Gasteiger partial charge in [-0.2, -0.15) is 0 Å². The van der Waals surface area contributed by atoms with E-state index in [0.717, 1.165) is 48.0 Å². The molecule has 29 heavy (non-hydrogen) atoms. The molecule has 1 saturated carbocycles. The molecule has 0 aromatic carbocycles. The van der Waals surface area contributed by atoms with Gasteiger partial charge in [-0.25, -0.2) is 4.98 Å². The van der Waals surface area contributed by atoms with Gasteiger partial charge < -0.3 is 5.73 Å². The Bertz CT molecular complexity index is 1110. The predicted molar refractivity (Wildman–Crippen MR) is 112 cm³/mol. The van der Waals surface area contributed by atoms with Crippen LogP contribution in [-0.4, -0.2) is 16.2 Å². The normalized spacial score (nSPS) is 19.3. The number of rotatable bonds is 3. The molecule has 1 atom stereocenters. The van der Waals surface area contributed by atoms with Crippen molar-refractivity contribution in [2.45, 2.75) is 58.9 Å². The summed E-state index contributed by atoms with van der Waals surface area (Å²) in [6.07, 6.45) is 7.06. The van der Waals surface area contributed by atoms with Crippen LogP contribution in [0, 0.1) is 11.3 Å². The molecule has 3 heterocycles. The smallest absolute Gasteiger partial charge is 0.302 e. The van der Waals surface area contributed by atoms with Crippen molar-refractivity contribution in [3.8, 4) is 0 Å². The number of nitrogens with zero attached hydrogens (tertiary/aromatic N) is 3. The number of hydrogen-bond donors (Lipinski definition) is 2. The molecule has 0 radical (unpaired) electrons. The maximum absolute atomic E-state index is 12.8. The van der Waals surface area contributed by atoms with Crippen molar-refractivity contribution in [1.29, 1.82) is 0 Å². The highest BCUT2D eigenvalue weighted by atomic mass is 32.1. The molecule has 152 valence electrons. The molecule has 3 aromatic rings. The highest BCUT2D eigenvalue weighted by Gasteiger charge is 2.36. The molecule has 3 aromatic heterocycles. The summed E-state index contributed by atoms with van der Waals surface area (Å²) in [4.78, 5) is 19.0. The Morgan fingerprint density at radius 3 is 2.86 bits per heavy atom. The Labute approximate surface area is 173 Å². The predicted octanol–water partition coefficient (Wildman–Crippen LogP) is 3.89. The zero-order valence-corrected chi connectivity index (χ0v) is 17.8. The molecular weight excluding hydrogens is 386 g/mol.